The Kier molecular flexibility index (Phi) is 4.88. The van der Waals surface area contributed by atoms with Crippen LogP contribution >= 0.6 is 24.0 Å². The van der Waals surface area contributed by atoms with Gasteiger partial charge in [-0.25, -0.2) is 4.39 Å². The number of nitrogens with zero attached hydrogens (tertiary/aromatic N) is 2. The Balaban J connectivity index is 2.37. The summed E-state index contributed by atoms with van der Waals surface area (Å²) in [6.07, 6.45) is 1.80. The highest BCUT2D eigenvalue weighted by molar-refractivity contribution is 8.24. The average Bonchev–Trinajstić information content (AvgIpc) is 2.62. The predicted molar refractivity (Wildman–Crippen MR) is 90.2 cm³/mol. The molecule has 0 radical (unpaired) electrons. The molecule has 6 heteroatoms. The molecule has 1 atom stereocenters. The van der Waals surface area contributed by atoms with Crippen molar-refractivity contribution < 1.29 is 9.13 Å². The summed E-state index contributed by atoms with van der Waals surface area (Å²) in [6.45, 7) is 6.75. The Bertz CT molecular complexity index is 575. The first-order valence-corrected chi connectivity index (χ1v) is 8.13. The van der Waals surface area contributed by atoms with Crippen LogP contribution in [0.15, 0.2) is 24.3 Å². The van der Waals surface area contributed by atoms with Gasteiger partial charge in [-0.1, -0.05) is 43.0 Å². The molecule has 1 aromatic rings. The number of hydrogen-bond acceptors (Lipinski definition) is 3. The van der Waals surface area contributed by atoms with Crippen molar-refractivity contribution in [3.8, 4) is 0 Å². The van der Waals surface area contributed by atoms with E-state index < -0.39 is 12.0 Å². The molecule has 21 heavy (non-hydrogen) atoms. The van der Waals surface area contributed by atoms with E-state index in [1.807, 2.05) is 25.7 Å². The number of benzene rings is 1. The van der Waals surface area contributed by atoms with Gasteiger partial charge in [0.05, 0.1) is 5.56 Å². The van der Waals surface area contributed by atoms with E-state index in [1.165, 1.54) is 24.0 Å². The summed E-state index contributed by atoms with van der Waals surface area (Å²) in [5, 5.41) is 12.6. The molecule has 0 amide bonds. The van der Waals surface area contributed by atoms with Gasteiger partial charge >= 0.3 is 0 Å². The molecule has 0 bridgehead atoms. The lowest BCUT2D eigenvalue weighted by Gasteiger charge is -2.29. The molecule has 0 aromatic heterocycles. The maximum Gasteiger partial charge on any atom is 0.254 e. The van der Waals surface area contributed by atoms with Gasteiger partial charge in [0.1, 0.15) is 14.9 Å². The molecule has 1 fully saturated rings. The lowest BCUT2D eigenvalue weighted by Crippen LogP contribution is -2.48. The van der Waals surface area contributed by atoms with Crippen LogP contribution in [0.1, 0.15) is 32.8 Å². The fourth-order valence-electron chi connectivity index (χ4n) is 2.50. The molecule has 1 saturated heterocycles. The predicted octanol–water partition coefficient (Wildman–Crippen LogP) is 3.60. The van der Waals surface area contributed by atoms with Crippen LogP contribution in [0.4, 0.5) is 4.39 Å². The minimum absolute atomic E-state index is 0.294. The van der Waals surface area contributed by atoms with E-state index in [0.29, 0.717) is 5.56 Å². The number of thiocarbonyl (C=S) groups is 1. The van der Waals surface area contributed by atoms with Crippen molar-refractivity contribution in [1.29, 1.82) is 0 Å². The molecular formula is C15H19FN2OS2. The highest BCUT2D eigenvalue weighted by Crippen LogP contribution is 2.41. The highest BCUT2D eigenvalue weighted by Gasteiger charge is 2.50. The summed E-state index contributed by atoms with van der Waals surface area (Å²) in [5.41, 5.74) is 0.294. The molecule has 3 nitrogen and oxygen atoms in total. The monoisotopic (exact) mass is 326 g/mol. The molecule has 1 aliphatic rings. The number of halogens is 1. The van der Waals surface area contributed by atoms with Gasteiger partial charge in [-0.2, -0.15) is 4.74 Å². The molecule has 0 aliphatic carbocycles. The number of thioether (sulfide) groups is 1. The standard InChI is InChI=1S/C15H19FN2OS2/c1-4-9-17-13(15(2,3)21-14(17)20)18(19)10-11-7-5-6-8-12(11)16/h5-8,10,13H,4,9H2,1-3H3/b18-10-/t13-/m1/s1. The van der Waals surface area contributed by atoms with Gasteiger partial charge in [0, 0.05) is 6.54 Å². The second kappa shape index (κ2) is 6.32. The number of hydroxylamine groups is 1. The van der Waals surface area contributed by atoms with E-state index >= 15 is 0 Å². The molecule has 0 saturated carbocycles. The van der Waals surface area contributed by atoms with Gasteiger partial charge in [0.25, 0.3) is 6.17 Å². The third-order valence-corrected chi connectivity index (χ3v) is 5.01. The minimum Gasteiger partial charge on any atom is -0.622 e. The van der Waals surface area contributed by atoms with E-state index in [1.54, 1.807) is 18.2 Å². The smallest absolute Gasteiger partial charge is 0.254 e. The lowest BCUT2D eigenvalue weighted by molar-refractivity contribution is -0.523. The van der Waals surface area contributed by atoms with Crippen LogP contribution in [0.5, 0.6) is 0 Å². The van der Waals surface area contributed by atoms with Gasteiger partial charge in [0.2, 0.25) is 0 Å². The Morgan fingerprint density at radius 2 is 2.14 bits per heavy atom. The van der Waals surface area contributed by atoms with Crippen LogP contribution < -0.4 is 0 Å². The van der Waals surface area contributed by atoms with Crippen LogP contribution in [0, 0.1) is 11.0 Å². The lowest BCUT2D eigenvalue weighted by atomic mass is 10.1. The van der Waals surface area contributed by atoms with Crippen LogP contribution in [0.3, 0.4) is 0 Å². The summed E-state index contributed by atoms with van der Waals surface area (Å²) < 4.78 is 14.9. The number of rotatable bonds is 4. The molecule has 0 N–H and O–H groups in total. The van der Waals surface area contributed by atoms with Crippen molar-refractivity contribution in [3.05, 3.63) is 40.9 Å². The van der Waals surface area contributed by atoms with Crippen LogP contribution in [0.25, 0.3) is 0 Å². The van der Waals surface area contributed by atoms with Gasteiger partial charge in [-0.15, -0.1) is 0 Å². The maximum absolute atomic E-state index is 13.7. The molecule has 2 rings (SSSR count). The third-order valence-electron chi connectivity index (χ3n) is 3.38. The Labute approximate surface area is 134 Å². The van der Waals surface area contributed by atoms with E-state index in [4.69, 9.17) is 12.2 Å². The Morgan fingerprint density at radius 1 is 1.48 bits per heavy atom. The van der Waals surface area contributed by atoms with E-state index in [2.05, 4.69) is 0 Å². The topological polar surface area (TPSA) is 29.3 Å². The summed E-state index contributed by atoms with van der Waals surface area (Å²) in [6, 6.07) is 6.27. The van der Waals surface area contributed by atoms with Crippen molar-refractivity contribution in [1.82, 2.24) is 4.90 Å². The fraction of sp³-hybridized carbons (Fsp3) is 0.467. The molecule has 0 unspecified atom stereocenters. The molecule has 0 spiro atoms. The zero-order chi connectivity index (χ0) is 15.6. The Hall–Kier alpha value is -1.14. The van der Waals surface area contributed by atoms with Gasteiger partial charge < -0.3 is 5.21 Å². The van der Waals surface area contributed by atoms with Crippen LogP contribution in [0.2, 0.25) is 0 Å². The zero-order valence-corrected chi connectivity index (χ0v) is 14.0. The minimum atomic E-state index is -0.422. The first-order chi connectivity index (χ1) is 9.86. The first kappa shape index (κ1) is 16.2. The SMILES string of the molecule is CCCN1C(=S)SC(C)(C)[C@H]1/[N+]([O-])=C/c1ccccc1F. The first-order valence-electron chi connectivity index (χ1n) is 6.91. The molecule has 114 valence electrons. The fourth-order valence-corrected chi connectivity index (χ4v) is 4.43. The maximum atomic E-state index is 13.7. The second-order valence-electron chi connectivity index (χ2n) is 5.55. The van der Waals surface area contributed by atoms with Crippen molar-refractivity contribution in [3.63, 3.8) is 0 Å². The summed E-state index contributed by atoms with van der Waals surface area (Å²) >= 11 is 6.90. The zero-order valence-electron chi connectivity index (χ0n) is 12.4. The van der Waals surface area contributed by atoms with Gasteiger partial charge in [-0.3, -0.25) is 4.90 Å². The highest BCUT2D eigenvalue weighted by atomic mass is 32.2. The molecule has 1 heterocycles. The van der Waals surface area contributed by atoms with Gasteiger partial charge in [-0.05, 0) is 32.4 Å². The van der Waals surface area contributed by atoms with Crippen molar-refractivity contribution >= 4 is 34.5 Å². The quantitative estimate of drug-likeness (QED) is 0.278. The second-order valence-corrected chi connectivity index (χ2v) is 7.84. The van der Waals surface area contributed by atoms with Crippen molar-refractivity contribution in [2.45, 2.75) is 38.1 Å². The summed E-state index contributed by atoms with van der Waals surface area (Å²) in [5.74, 6) is -0.397. The third kappa shape index (κ3) is 3.37. The molecular weight excluding hydrogens is 307 g/mol. The molecule has 1 aliphatic heterocycles. The summed E-state index contributed by atoms with van der Waals surface area (Å²) in [7, 11) is 0. The average molecular weight is 326 g/mol. The Morgan fingerprint density at radius 3 is 2.76 bits per heavy atom. The van der Waals surface area contributed by atoms with E-state index in [9.17, 15) is 9.60 Å². The van der Waals surface area contributed by atoms with E-state index in [0.717, 1.165) is 22.0 Å². The summed E-state index contributed by atoms with van der Waals surface area (Å²) in [4.78, 5) is 1.93. The van der Waals surface area contributed by atoms with Crippen LogP contribution in [-0.4, -0.2) is 37.6 Å². The largest absolute Gasteiger partial charge is 0.622 e. The molecule has 1 aromatic carbocycles. The van der Waals surface area contributed by atoms with Gasteiger partial charge in [0.15, 0.2) is 6.21 Å². The van der Waals surface area contributed by atoms with Crippen molar-refractivity contribution in [2.75, 3.05) is 6.54 Å². The number of hydrogen-bond donors (Lipinski definition) is 0. The normalized spacial score (nSPS) is 21.9. The van der Waals surface area contributed by atoms with Crippen LogP contribution in [-0.2, 0) is 0 Å². The van der Waals surface area contributed by atoms with Crippen molar-refractivity contribution in [2.24, 2.45) is 0 Å². The van der Waals surface area contributed by atoms with E-state index in [-0.39, 0.29) is 4.75 Å².